The van der Waals surface area contributed by atoms with E-state index < -0.39 is 15.8 Å². The van der Waals surface area contributed by atoms with Gasteiger partial charge in [-0.25, -0.2) is 12.8 Å². The van der Waals surface area contributed by atoms with E-state index in [2.05, 4.69) is 16.6 Å². The van der Waals surface area contributed by atoms with Gasteiger partial charge in [0, 0.05) is 5.56 Å². The Morgan fingerprint density at radius 3 is 2.71 bits per heavy atom. The number of rotatable bonds is 6. The zero-order chi connectivity index (χ0) is 15.9. The molecule has 7 heteroatoms. The maximum absolute atomic E-state index is 13.8. The summed E-state index contributed by atoms with van der Waals surface area (Å²) in [5, 5.41) is 0. The van der Waals surface area contributed by atoms with Gasteiger partial charge in [-0.1, -0.05) is 11.8 Å². The zero-order valence-electron chi connectivity index (χ0n) is 12.0. The summed E-state index contributed by atoms with van der Waals surface area (Å²) in [6.45, 7) is 3.84. The standard InChI is InChI=1S/C14H19FN2O3S/c1-11(2)20-8-9-21(18,19)17-14-6-5-12(4-3-7-16)10-13(14)15/h5-6,10-11,17H,7-9,16H2,1-2H3. The number of hydrogen-bond donors (Lipinski definition) is 2. The molecule has 0 unspecified atom stereocenters. The van der Waals surface area contributed by atoms with Gasteiger partial charge in [0.05, 0.1) is 30.7 Å². The molecule has 0 fully saturated rings. The average molecular weight is 314 g/mol. The Morgan fingerprint density at radius 1 is 1.43 bits per heavy atom. The molecule has 1 aromatic rings. The van der Waals surface area contributed by atoms with Gasteiger partial charge in [-0.3, -0.25) is 4.72 Å². The number of nitrogens with two attached hydrogens (primary N) is 1. The predicted molar refractivity (Wildman–Crippen MR) is 80.8 cm³/mol. The first-order valence-corrected chi connectivity index (χ1v) is 8.10. The van der Waals surface area contributed by atoms with Crippen LogP contribution in [0.2, 0.25) is 0 Å². The fraction of sp³-hybridized carbons (Fsp3) is 0.429. The summed E-state index contributed by atoms with van der Waals surface area (Å²) in [6.07, 6.45) is -0.0580. The Labute approximate surface area is 124 Å². The Kier molecular flexibility index (Phi) is 6.62. The normalized spacial score (nSPS) is 11.1. The highest BCUT2D eigenvalue weighted by Crippen LogP contribution is 2.17. The van der Waals surface area contributed by atoms with Gasteiger partial charge in [0.1, 0.15) is 5.82 Å². The molecule has 0 saturated heterocycles. The van der Waals surface area contributed by atoms with Crippen LogP contribution in [0.4, 0.5) is 10.1 Å². The van der Waals surface area contributed by atoms with Gasteiger partial charge in [-0.2, -0.15) is 0 Å². The summed E-state index contributed by atoms with van der Waals surface area (Å²) < 4.78 is 44.7. The molecule has 0 spiro atoms. The Hall–Kier alpha value is -1.62. The summed E-state index contributed by atoms with van der Waals surface area (Å²) >= 11 is 0. The topological polar surface area (TPSA) is 81.4 Å². The number of anilines is 1. The minimum Gasteiger partial charge on any atom is -0.378 e. The lowest BCUT2D eigenvalue weighted by Crippen LogP contribution is -2.22. The van der Waals surface area contributed by atoms with E-state index >= 15 is 0 Å². The number of nitrogens with one attached hydrogen (secondary N) is 1. The van der Waals surface area contributed by atoms with Crippen molar-refractivity contribution in [1.29, 1.82) is 0 Å². The Bertz CT molecular complexity index is 633. The molecule has 116 valence electrons. The van der Waals surface area contributed by atoms with Crippen molar-refractivity contribution in [2.24, 2.45) is 5.73 Å². The number of sulfonamides is 1. The molecule has 0 aliphatic carbocycles. The van der Waals surface area contributed by atoms with Crippen molar-refractivity contribution in [3.8, 4) is 11.8 Å². The zero-order valence-corrected chi connectivity index (χ0v) is 12.8. The predicted octanol–water partition coefficient (Wildman–Crippen LogP) is 1.30. The van der Waals surface area contributed by atoms with Crippen molar-refractivity contribution in [2.45, 2.75) is 20.0 Å². The molecular weight excluding hydrogens is 295 g/mol. The monoisotopic (exact) mass is 314 g/mol. The van der Waals surface area contributed by atoms with E-state index in [0.29, 0.717) is 5.56 Å². The highest BCUT2D eigenvalue weighted by molar-refractivity contribution is 7.92. The summed E-state index contributed by atoms with van der Waals surface area (Å²) in [4.78, 5) is 0. The van der Waals surface area contributed by atoms with E-state index in [4.69, 9.17) is 10.5 Å². The number of benzene rings is 1. The molecule has 1 rings (SSSR count). The molecule has 0 aromatic heterocycles. The first-order chi connectivity index (χ1) is 9.84. The first-order valence-electron chi connectivity index (χ1n) is 6.44. The molecule has 21 heavy (non-hydrogen) atoms. The fourth-order valence-electron chi connectivity index (χ4n) is 1.44. The average Bonchev–Trinajstić information content (AvgIpc) is 2.38. The highest BCUT2D eigenvalue weighted by atomic mass is 32.2. The highest BCUT2D eigenvalue weighted by Gasteiger charge is 2.13. The largest absolute Gasteiger partial charge is 0.378 e. The van der Waals surface area contributed by atoms with Crippen LogP contribution in [0.25, 0.3) is 0 Å². The van der Waals surface area contributed by atoms with E-state index in [-0.39, 0.29) is 30.7 Å². The number of ether oxygens (including phenoxy) is 1. The van der Waals surface area contributed by atoms with Crippen LogP contribution in [0.5, 0.6) is 0 Å². The molecule has 3 N–H and O–H groups in total. The van der Waals surface area contributed by atoms with Crippen molar-refractivity contribution in [3.63, 3.8) is 0 Å². The van der Waals surface area contributed by atoms with Crippen LogP contribution in [0.1, 0.15) is 19.4 Å². The fourth-order valence-corrected chi connectivity index (χ4v) is 2.36. The second-order valence-corrected chi connectivity index (χ2v) is 6.38. The first kappa shape index (κ1) is 17.4. The Balaban J connectivity index is 2.74. The third kappa shape index (κ3) is 6.58. The molecule has 0 atom stereocenters. The van der Waals surface area contributed by atoms with E-state index in [9.17, 15) is 12.8 Å². The summed E-state index contributed by atoms with van der Waals surface area (Å²) in [6, 6.07) is 4.01. The van der Waals surface area contributed by atoms with E-state index in [0.717, 1.165) is 6.07 Å². The van der Waals surface area contributed by atoms with Crippen molar-refractivity contribution in [1.82, 2.24) is 0 Å². The lowest BCUT2D eigenvalue weighted by molar-refractivity contribution is 0.0913. The number of halogens is 1. The van der Waals surface area contributed by atoms with E-state index in [1.54, 1.807) is 13.8 Å². The molecule has 1 aromatic carbocycles. The van der Waals surface area contributed by atoms with Gasteiger partial charge in [0.2, 0.25) is 10.0 Å². The van der Waals surface area contributed by atoms with Crippen LogP contribution in [-0.4, -0.2) is 33.4 Å². The molecule has 0 amide bonds. The van der Waals surface area contributed by atoms with E-state index in [1.165, 1.54) is 12.1 Å². The van der Waals surface area contributed by atoms with Crippen LogP contribution in [0.3, 0.4) is 0 Å². The molecule has 0 heterocycles. The van der Waals surface area contributed by atoms with Crippen molar-refractivity contribution < 1.29 is 17.5 Å². The molecule has 0 radical (unpaired) electrons. The molecule has 0 aliphatic rings. The van der Waals surface area contributed by atoms with Crippen LogP contribution in [0.15, 0.2) is 18.2 Å². The van der Waals surface area contributed by atoms with E-state index in [1.807, 2.05) is 0 Å². The second kappa shape index (κ2) is 7.98. The third-order valence-corrected chi connectivity index (χ3v) is 3.61. The maximum Gasteiger partial charge on any atom is 0.235 e. The van der Waals surface area contributed by atoms with Gasteiger partial charge in [0.25, 0.3) is 0 Å². The molecule has 0 bridgehead atoms. The SMILES string of the molecule is CC(C)OCCS(=O)(=O)Nc1ccc(C#CCN)cc1F. The minimum atomic E-state index is -3.65. The second-order valence-electron chi connectivity index (χ2n) is 4.54. The van der Waals surface area contributed by atoms with Gasteiger partial charge in [0.15, 0.2) is 0 Å². The lowest BCUT2D eigenvalue weighted by Gasteiger charge is -2.10. The smallest absolute Gasteiger partial charge is 0.235 e. The van der Waals surface area contributed by atoms with Crippen LogP contribution >= 0.6 is 0 Å². The molecular formula is C14H19FN2O3S. The Morgan fingerprint density at radius 2 is 2.14 bits per heavy atom. The van der Waals surface area contributed by atoms with Gasteiger partial charge >= 0.3 is 0 Å². The summed E-state index contributed by atoms with van der Waals surface area (Å²) in [5.74, 6) is 4.34. The van der Waals surface area contributed by atoms with Crippen LogP contribution in [0, 0.1) is 17.7 Å². The van der Waals surface area contributed by atoms with Crippen molar-refractivity contribution in [2.75, 3.05) is 23.6 Å². The lowest BCUT2D eigenvalue weighted by atomic mass is 10.2. The van der Waals surface area contributed by atoms with Gasteiger partial charge in [-0.05, 0) is 32.0 Å². The summed E-state index contributed by atoms with van der Waals surface area (Å²) in [5.41, 5.74) is 5.55. The van der Waals surface area contributed by atoms with Crippen molar-refractivity contribution >= 4 is 15.7 Å². The number of hydrogen-bond acceptors (Lipinski definition) is 4. The maximum atomic E-state index is 13.8. The minimum absolute atomic E-state index is 0.0503. The van der Waals surface area contributed by atoms with Gasteiger partial charge < -0.3 is 10.5 Å². The molecule has 0 aliphatic heterocycles. The van der Waals surface area contributed by atoms with Crippen LogP contribution < -0.4 is 10.5 Å². The van der Waals surface area contributed by atoms with Crippen molar-refractivity contribution in [3.05, 3.63) is 29.6 Å². The summed E-state index contributed by atoms with van der Waals surface area (Å²) in [7, 11) is -3.65. The van der Waals surface area contributed by atoms with Gasteiger partial charge in [-0.15, -0.1) is 0 Å². The molecule has 0 saturated carbocycles. The molecule has 5 nitrogen and oxygen atoms in total. The third-order valence-electron chi connectivity index (χ3n) is 2.37. The quantitative estimate of drug-likeness (QED) is 0.776. The van der Waals surface area contributed by atoms with Crippen LogP contribution in [-0.2, 0) is 14.8 Å².